The molecule has 0 aliphatic rings. The predicted molar refractivity (Wildman–Crippen MR) is 51.7 cm³/mol. The minimum absolute atomic E-state index is 0.208. The third kappa shape index (κ3) is 3.15. The van der Waals surface area contributed by atoms with Crippen molar-refractivity contribution in [2.75, 3.05) is 19.0 Å². The number of nitrogens with one attached hydrogen (secondary N) is 1. The summed E-state index contributed by atoms with van der Waals surface area (Å²) in [5.74, 6) is -0.263. The van der Waals surface area contributed by atoms with E-state index in [-0.39, 0.29) is 12.5 Å². The van der Waals surface area contributed by atoms with Crippen molar-refractivity contribution in [3.05, 3.63) is 29.8 Å². The van der Waals surface area contributed by atoms with Crippen molar-refractivity contribution < 1.29 is 9.53 Å². The molecule has 1 aromatic carbocycles. The number of hydrogen-bond donors (Lipinski definition) is 1. The van der Waals surface area contributed by atoms with Gasteiger partial charge in [0.05, 0.1) is 7.11 Å². The second-order valence-corrected chi connectivity index (χ2v) is 2.80. The Kier molecular flexibility index (Phi) is 3.31. The first kappa shape index (κ1) is 9.58. The Hall–Kier alpha value is -1.51. The van der Waals surface area contributed by atoms with E-state index in [1.165, 1.54) is 12.7 Å². The number of anilines is 1. The third-order valence-corrected chi connectivity index (χ3v) is 1.72. The molecule has 0 bridgehead atoms. The van der Waals surface area contributed by atoms with Crippen LogP contribution in [0, 0.1) is 6.92 Å². The largest absolute Gasteiger partial charge is 0.468 e. The zero-order valence-electron chi connectivity index (χ0n) is 7.83. The maximum atomic E-state index is 10.8. The van der Waals surface area contributed by atoms with Crippen LogP contribution in [-0.2, 0) is 9.53 Å². The molecule has 3 nitrogen and oxygen atoms in total. The molecule has 0 aromatic heterocycles. The molecule has 0 spiro atoms. The summed E-state index contributed by atoms with van der Waals surface area (Å²) >= 11 is 0. The Morgan fingerprint density at radius 1 is 1.38 bits per heavy atom. The van der Waals surface area contributed by atoms with E-state index >= 15 is 0 Å². The summed E-state index contributed by atoms with van der Waals surface area (Å²) in [7, 11) is 1.37. The maximum absolute atomic E-state index is 10.8. The van der Waals surface area contributed by atoms with E-state index in [2.05, 4.69) is 10.1 Å². The van der Waals surface area contributed by atoms with Gasteiger partial charge in [-0.3, -0.25) is 4.79 Å². The van der Waals surface area contributed by atoms with Crippen LogP contribution >= 0.6 is 0 Å². The van der Waals surface area contributed by atoms with Crippen LogP contribution in [0.2, 0.25) is 0 Å². The molecule has 1 aromatic rings. The average Bonchev–Trinajstić information content (AvgIpc) is 2.16. The quantitative estimate of drug-likeness (QED) is 0.716. The minimum Gasteiger partial charge on any atom is -0.468 e. The first-order valence-electron chi connectivity index (χ1n) is 4.09. The van der Waals surface area contributed by atoms with E-state index < -0.39 is 0 Å². The van der Waals surface area contributed by atoms with Gasteiger partial charge in [0.25, 0.3) is 0 Å². The topological polar surface area (TPSA) is 38.3 Å². The van der Waals surface area contributed by atoms with Gasteiger partial charge in [0, 0.05) is 5.69 Å². The van der Waals surface area contributed by atoms with Gasteiger partial charge in [-0.25, -0.2) is 0 Å². The van der Waals surface area contributed by atoms with Gasteiger partial charge in [-0.05, 0) is 19.1 Å². The van der Waals surface area contributed by atoms with Gasteiger partial charge in [0.1, 0.15) is 6.54 Å². The van der Waals surface area contributed by atoms with Gasteiger partial charge in [-0.2, -0.15) is 0 Å². The summed E-state index contributed by atoms with van der Waals surface area (Å²) in [6.45, 7) is 2.23. The number of methoxy groups -OCH3 is 1. The number of hydrogen-bond acceptors (Lipinski definition) is 3. The van der Waals surface area contributed by atoms with E-state index in [4.69, 9.17) is 0 Å². The first-order chi connectivity index (χ1) is 6.22. The van der Waals surface area contributed by atoms with Gasteiger partial charge in [-0.15, -0.1) is 0 Å². The van der Waals surface area contributed by atoms with Crippen LogP contribution in [-0.4, -0.2) is 19.6 Å². The number of ether oxygens (including phenoxy) is 1. The summed E-state index contributed by atoms with van der Waals surface area (Å²) in [5, 5.41) is 2.95. The highest BCUT2D eigenvalue weighted by atomic mass is 16.5. The van der Waals surface area contributed by atoms with Crippen LogP contribution in [0.4, 0.5) is 5.69 Å². The molecule has 70 valence electrons. The van der Waals surface area contributed by atoms with Gasteiger partial charge in [-0.1, -0.05) is 17.7 Å². The summed E-state index contributed by atoms with van der Waals surface area (Å²) in [4.78, 5) is 10.8. The molecular weight excluding hydrogens is 166 g/mol. The normalized spacial score (nSPS) is 9.38. The van der Waals surface area contributed by atoms with Gasteiger partial charge in [0.2, 0.25) is 0 Å². The summed E-state index contributed by atoms with van der Waals surface area (Å²) < 4.78 is 4.49. The fraction of sp³-hybridized carbons (Fsp3) is 0.300. The molecular formula is C10H13NO2. The maximum Gasteiger partial charge on any atom is 0.325 e. The molecule has 0 amide bonds. The molecule has 0 heterocycles. The molecule has 3 heteroatoms. The van der Waals surface area contributed by atoms with E-state index in [0.29, 0.717) is 0 Å². The molecule has 13 heavy (non-hydrogen) atoms. The number of aryl methyl sites for hydroxylation is 1. The third-order valence-electron chi connectivity index (χ3n) is 1.72. The van der Waals surface area contributed by atoms with Crippen LogP contribution in [0.25, 0.3) is 0 Å². The predicted octanol–water partition coefficient (Wildman–Crippen LogP) is 1.58. The summed E-state index contributed by atoms with van der Waals surface area (Å²) in [6.07, 6.45) is 0. The molecule has 0 aliphatic carbocycles. The Morgan fingerprint density at radius 2 is 2.00 bits per heavy atom. The molecule has 0 saturated carbocycles. The van der Waals surface area contributed by atoms with Gasteiger partial charge < -0.3 is 10.1 Å². The van der Waals surface area contributed by atoms with E-state index in [1.807, 2.05) is 31.2 Å². The zero-order chi connectivity index (χ0) is 9.68. The van der Waals surface area contributed by atoms with Crippen LogP contribution in [0.3, 0.4) is 0 Å². The van der Waals surface area contributed by atoms with Crippen molar-refractivity contribution in [3.63, 3.8) is 0 Å². The second kappa shape index (κ2) is 4.50. The fourth-order valence-corrected chi connectivity index (χ4v) is 0.918. The number of carbonyl (C=O) groups excluding carboxylic acids is 1. The van der Waals surface area contributed by atoms with E-state index in [9.17, 15) is 4.79 Å². The van der Waals surface area contributed by atoms with Crippen molar-refractivity contribution >= 4 is 11.7 Å². The number of esters is 1. The average molecular weight is 179 g/mol. The lowest BCUT2D eigenvalue weighted by molar-refractivity contribution is -0.138. The smallest absolute Gasteiger partial charge is 0.325 e. The second-order valence-electron chi connectivity index (χ2n) is 2.80. The van der Waals surface area contributed by atoms with Crippen molar-refractivity contribution in [2.45, 2.75) is 6.92 Å². The zero-order valence-corrected chi connectivity index (χ0v) is 7.83. The summed E-state index contributed by atoms with van der Waals surface area (Å²) in [5.41, 5.74) is 2.12. The van der Waals surface area contributed by atoms with Gasteiger partial charge in [0.15, 0.2) is 0 Å². The lowest BCUT2D eigenvalue weighted by Gasteiger charge is -2.04. The summed E-state index contributed by atoms with van der Waals surface area (Å²) in [6, 6.07) is 7.83. The molecule has 0 saturated heterocycles. The fourth-order valence-electron chi connectivity index (χ4n) is 0.918. The standard InChI is InChI=1S/C10H13NO2/c1-8-3-5-9(6-4-8)11-7-10(12)13-2/h3-6,11H,7H2,1-2H3. The monoisotopic (exact) mass is 179 g/mol. The Labute approximate surface area is 77.7 Å². The molecule has 0 atom stereocenters. The Morgan fingerprint density at radius 3 is 2.54 bits per heavy atom. The molecule has 0 aliphatic heterocycles. The Bertz CT molecular complexity index is 279. The van der Waals surface area contributed by atoms with Crippen LogP contribution in [0.1, 0.15) is 5.56 Å². The van der Waals surface area contributed by atoms with Crippen LogP contribution in [0.5, 0.6) is 0 Å². The SMILES string of the molecule is COC(=O)CNc1ccc(C)cc1. The lowest BCUT2D eigenvalue weighted by Crippen LogP contribution is -2.14. The molecule has 1 rings (SSSR count). The number of carbonyl (C=O) groups is 1. The molecule has 0 unspecified atom stereocenters. The van der Waals surface area contributed by atoms with Crippen LogP contribution < -0.4 is 5.32 Å². The highest BCUT2D eigenvalue weighted by molar-refractivity contribution is 5.74. The Balaban J connectivity index is 2.46. The molecule has 0 radical (unpaired) electrons. The highest BCUT2D eigenvalue weighted by Gasteiger charge is 1.98. The van der Waals surface area contributed by atoms with Crippen molar-refractivity contribution in [3.8, 4) is 0 Å². The van der Waals surface area contributed by atoms with Crippen LogP contribution in [0.15, 0.2) is 24.3 Å². The van der Waals surface area contributed by atoms with E-state index in [0.717, 1.165) is 5.69 Å². The van der Waals surface area contributed by atoms with Crippen molar-refractivity contribution in [2.24, 2.45) is 0 Å². The number of rotatable bonds is 3. The van der Waals surface area contributed by atoms with Crippen molar-refractivity contribution in [1.29, 1.82) is 0 Å². The number of benzene rings is 1. The lowest BCUT2D eigenvalue weighted by atomic mass is 10.2. The van der Waals surface area contributed by atoms with E-state index in [1.54, 1.807) is 0 Å². The van der Waals surface area contributed by atoms with Gasteiger partial charge >= 0.3 is 5.97 Å². The molecule has 0 fully saturated rings. The molecule has 1 N–H and O–H groups in total. The highest BCUT2D eigenvalue weighted by Crippen LogP contribution is 2.07. The van der Waals surface area contributed by atoms with Crippen molar-refractivity contribution in [1.82, 2.24) is 0 Å². The first-order valence-corrected chi connectivity index (χ1v) is 4.09. The minimum atomic E-state index is -0.263.